The third-order valence-electron chi connectivity index (χ3n) is 3.58. The number of rotatable bonds is 7. The van der Waals surface area contributed by atoms with E-state index >= 15 is 0 Å². The molecule has 0 aliphatic rings. The van der Waals surface area contributed by atoms with Crippen molar-refractivity contribution in [1.82, 2.24) is 15.2 Å². The average Bonchev–Trinajstić information content (AvgIpc) is 2.81. The van der Waals surface area contributed by atoms with Crippen LogP contribution in [0.2, 0.25) is 0 Å². The van der Waals surface area contributed by atoms with Gasteiger partial charge in [-0.1, -0.05) is 26.0 Å². The molecule has 0 radical (unpaired) electrons. The predicted octanol–water partition coefficient (Wildman–Crippen LogP) is 2.52. The minimum atomic E-state index is 0.0761. The predicted molar refractivity (Wildman–Crippen MR) is 87.2 cm³/mol. The Labute approximate surface area is 126 Å². The van der Waals surface area contributed by atoms with Gasteiger partial charge >= 0.3 is 0 Å². The molecule has 2 N–H and O–H groups in total. The SMILES string of the molecule is CNCc1ccc2ccn(CC(=O)NCCC(C)C)c2c1. The van der Waals surface area contributed by atoms with Crippen LogP contribution in [0.3, 0.4) is 0 Å². The molecule has 1 aromatic heterocycles. The van der Waals surface area contributed by atoms with Gasteiger partial charge in [0.15, 0.2) is 0 Å². The van der Waals surface area contributed by atoms with Crippen molar-refractivity contribution in [2.45, 2.75) is 33.4 Å². The Morgan fingerprint density at radius 1 is 1.29 bits per heavy atom. The van der Waals surface area contributed by atoms with E-state index in [0.29, 0.717) is 12.5 Å². The van der Waals surface area contributed by atoms with Crippen molar-refractivity contribution in [3.8, 4) is 0 Å². The number of aromatic nitrogens is 1. The number of nitrogens with one attached hydrogen (secondary N) is 2. The van der Waals surface area contributed by atoms with Gasteiger partial charge in [0.05, 0.1) is 0 Å². The Balaban J connectivity index is 2.04. The van der Waals surface area contributed by atoms with E-state index in [1.165, 1.54) is 10.9 Å². The van der Waals surface area contributed by atoms with Gasteiger partial charge in [0.1, 0.15) is 6.54 Å². The summed E-state index contributed by atoms with van der Waals surface area (Å²) in [6.07, 6.45) is 3.00. The number of hydrogen-bond donors (Lipinski definition) is 2. The van der Waals surface area contributed by atoms with Crippen molar-refractivity contribution in [3.63, 3.8) is 0 Å². The smallest absolute Gasteiger partial charge is 0.239 e. The second kappa shape index (κ2) is 7.27. The van der Waals surface area contributed by atoms with Gasteiger partial charge in [0.25, 0.3) is 0 Å². The lowest BCUT2D eigenvalue weighted by molar-refractivity contribution is -0.121. The lowest BCUT2D eigenvalue weighted by Gasteiger charge is -2.09. The maximum absolute atomic E-state index is 12.0. The first-order valence-corrected chi connectivity index (χ1v) is 7.59. The van der Waals surface area contributed by atoms with E-state index in [9.17, 15) is 4.79 Å². The highest BCUT2D eigenvalue weighted by Crippen LogP contribution is 2.17. The third-order valence-corrected chi connectivity index (χ3v) is 3.58. The maximum Gasteiger partial charge on any atom is 0.239 e. The molecule has 4 nitrogen and oxygen atoms in total. The van der Waals surface area contributed by atoms with Crippen LogP contribution in [0.15, 0.2) is 30.5 Å². The highest BCUT2D eigenvalue weighted by Gasteiger charge is 2.07. The number of hydrogen-bond acceptors (Lipinski definition) is 2. The summed E-state index contributed by atoms with van der Waals surface area (Å²) < 4.78 is 2.01. The summed E-state index contributed by atoms with van der Waals surface area (Å²) in [5.74, 6) is 0.689. The van der Waals surface area contributed by atoms with Crippen molar-refractivity contribution < 1.29 is 4.79 Å². The minimum Gasteiger partial charge on any atom is -0.355 e. The van der Waals surface area contributed by atoms with Gasteiger partial charge in [-0.25, -0.2) is 0 Å². The molecular weight excluding hydrogens is 262 g/mol. The number of carbonyl (C=O) groups is 1. The molecule has 1 aromatic carbocycles. The minimum absolute atomic E-state index is 0.0761. The zero-order valence-electron chi connectivity index (χ0n) is 13.1. The molecule has 0 spiro atoms. The Bertz CT molecular complexity index is 601. The molecule has 2 aromatic rings. The van der Waals surface area contributed by atoms with E-state index in [0.717, 1.165) is 25.0 Å². The summed E-state index contributed by atoms with van der Waals surface area (Å²) in [5.41, 5.74) is 2.34. The maximum atomic E-state index is 12.0. The number of benzene rings is 1. The second-order valence-electron chi connectivity index (χ2n) is 5.90. The lowest BCUT2D eigenvalue weighted by atomic mass is 10.1. The van der Waals surface area contributed by atoms with Gasteiger partial charge in [-0.05, 0) is 42.5 Å². The van der Waals surface area contributed by atoms with Crippen LogP contribution in [0.4, 0.5) is 0 Å². The van der Waals surface area contributed by atoms with Crippen molar-refractivity contribution in [2.24, 2.45) is 5.92 Å². The summed E-state index contributed by atoms with van der Waals surface area (Å²) in [6, 6.07) is 8.42. The zero-order valence-corrected chi connectivity index (χ0v) is 13.1. The first kappa shape index (κ1) is 15.6. The Morgan fingerprint density at radius 2 is 2.10 bits per heavy atom. The molecule has 1 amide bonds. The fourth-order valence-corrected chi connectivity index (χ4v) is 2.39. The standard InChI is InChI=1S/C17H25N3O/c1-13(2)6-8-19-17(21)12-20-9-7-15-5-4-14(11-18-3)10-16(15)20/h4-5,7,9-10,13,18H,6,8,11-12H2,1-3H3,(H,19,21). The van der Waals surface area contributed by atoms with Gasteiger partial charge in [-0.15, -0.1) is 0 Å². The number of fused-ring (bicyclic) bond motifs is 1. The van der Waals surface area contributed by atoms with Crippen LogP contribution in [0.1, 0.15) is 25.8 Å². The van der Waals surface area contributed by atoms with Crippen LogP contribution in [0.25, 0.3) is 10.9 Å². The fourth-order valence-electron chi connectivity index (χ4n) is 2.39. The van der Waals surface area contributed by atoms with Crippen LogP contribution in [0, 0.1) is 5.92 Å². The second-order valence-corrected chi connectivity index (χ2v) is 5.90. The fraction of sp³-hybridized carbons (Fsp3) is 0.471. The number of carbonyl (C=O) groups excluding carboxylic acids is 1. The van der Waals surface area contributed by atoms with Crippen molar-refractivity contribution >= 4 is 16.8 Å². The van der Waals surface area contributed by atoms with Gasteiger partial charge in [-0.3, -0.25) is 4.79 Å². The monoisotopic (exact) mass is 287 g/mol. The van der Waals surface area contributed by atoms with Crippen LogP contribution < -0.4 is 10.6 Å². The first-order valence-electron chi connectivity index (χ1n) is 7.59. The normalized spacial score (nSPS) is 11.2. The summed E-state index contributed by atoms with van der Waals surface area (Å²) in [5, 5.41) is 7.31. The van der Waals surface area contributed by atoms with Gasteiger partial charge in [-0.2, -0.15) is 0 Å². The molecule has 0 saturated heterocycles. The summed E-state index contributed by atoms with van der Waals surface area (Å²) in [7, 11) is 1.94. The molecule has 0 bridgehead atoms. The summed E-state index contributed by atoms with van der Waals surface area (Å²) >= 11 is 0. The molecule has 1 heterocycles. The molecular formula is C17H25N3O. The van der Waals surface area contributed by atoms with E-state index in [-0.39, 0.29) is 5.91 Å². The lowest BCUT2D eigenvalue weighted by Crippen LogP contribution is -2.28. The van der Waals surface area contributed by atoms with Crippen LogP contribution >= 0.6 is 0 Å². The highest BCUT2D eigenvalue weighted by atomic mass is 16.1. The van der Waals surface area contributed by atoms with Gasteiger partial charge < -0.3 is 15.2 Å². The van der Waals surface area contributed by atoms with Gasteiger partial charge in [0, 0.05) is 24.8 Å². The molecule has 4 heteroatoms. The van der Waals surface area contributed by atoms with Crippen LogP contribution in [0.5, 0.6) is 0 Å². The summed E-state index contributed by atoms with van der Waals surface area (Å²) in [4.78, 5) is 12.0. The molecule has 0 aliphatic heterocycles. The van der Waals surface area contributed by atoms with E-state index in [1.54, 1.807) is 0 Å². The van der Waals surface area contributed by atoms with Crippen LogP contribution in [-0.2, 0) is 17.9 Å². The largest absolute Gasteiger partial charge is 0.355 e. The first-order chi connectivity index (χ1) is 10.1. The Morgan fingerprint density at radius 3 is 2.81 bits per heavy atom. The third kappa shape index (κ3) is 4.33. The Kier molecular flexibility index (Phi) is 5.39. The Hall–Kier alpha value is -1.81. The van der Waals surface area contributed by atoms with Gasteiger partial charge in [0.2, 0.25) is 5.91 Å². The van der Waals surface area contributed by atoms with Crippen molar-refractivity contribution in [2.75, 3.05) is 13.6 Å². The van der Waals surface area contributed by atoms with Crippen molar-refractivity contribution in [1.29, 1.82) is 0 Å². The molecule has 2 rings (SSSR count). The van der Waals surface area contributed by atoms with Crippen LogP contribution in [-0.4, -0.2) is 24.1 Å². The zero-order chi connectivity index (χ0) is 15.2. The highest BCUT2D eigenvalue weighted by molar-refractivity contribution is 5.83. The van der Waals surface area contributed by atoms with E-state index in [2.05, 4.69) is 48.7 Å². The molecule has 21 heavy (non-hydrogen) atoms. The molecule has 0 saturated carbocycles. The molecule has 0 aliphatic carbocycles. The average molecular weight is 287 g/mol. The van der Waals surface area contributed by atoms with E-state index in [1.807, 2.05) is 17.8 Å². The van der Waals surface area contributed by atoms with Crippen molar-refractivity contribution in [3.05, 3.63) is 36.0 Å². The molecule has 0 fully saturated rings. The quantitative estimate of drug-likeness (QED) is 0.822. The summed E-state index contributed by atoms with van der Waals surface area (Å²) in [6.45, 7) is 6.29. The number of amides is 1. The molecule has 114 valence electrons. The topological polar surface area (TPSA) is 46.1 Å². The molecule has 0 atom stereocenters. The number of nitrogens with zero attached hydrogens (tertiary/aromatic N) is 1. The van der Waals surface area contributed by atoms with E-state index < -0.39 is 0 Å². The molecule has 0 unspecified atom stereocenters. The van der Waals surface area contributed by atoms with E-state index in [4.69, 9.17) is 0 Å².